The molecule has 0 bridgehead atoms. The Labute approximate surface area is 162 Å². The topological polar surface area (TPSA) is 69.9 Å². The molecule has 0 aliphatic carbocycles. The van der Waals surface area contributed by atoms with Crippen molar-refractivity contribution in [3.05, 3.63) is 60.9 Å². The first-order valence-electron chi connectivity index (χ1n) is 8.70. The van der Waals surface area contributed by atoms with Gasteiger partial charge in [0.1, 0.15) is 17.3 Å². The molecule has 28 heavy (non-hydrogen) atoms. The SMILES string of the molecule is COc1ccc(-c2nc3ncccn3c2Nc2ccc(OC)c(OC)c2)cc1. The van der Waals surface area contributed by atoms with Crippen LogP contribution in [0.25, 0.3) is 17.0 Å². The maximum absolute atomic E-state index is 5.41. The zero-order valence-corrected chi connectivity index (χ0v) is 15.8. The Morgan fingerprint density at radius 3 is 2.39 bits per heavy atom. The zero-order chi connectivity index (χ0) is 19.5. The molecule has 0 aliphatic rings. The van der Waals surface area contributed by atoms with Crippen LogP contribution < -0.4 is 19.5 Å². The van der Waals surface area contributed by atoms with E-state index in [0.717, 1.165) is 28.5 Å². The van der Waals surface area contributed by atoms with E-state index in [-0.39, 0.29) is 0 Å². The molecule has 0 aliphatic heterocycles. The molecular weight excluding hydrogens is 356 g/mol. The van der Waals surface area contributed by atoms with E-state index in [1.54, 1.807) is 27.5 Å². The molecule has 0 fully saturated rings. The van der Waals surface area contributed by atoms with Gasteiger partial charge in [-0.3, -0.25) is 4.40 Å². The summed E-state index contributed by atoms with van der Waals surface area (Å²) in [6.07, 6.45) is 3.64. The van der Waals surface area contributed by atoms with Gasteiger partial charge in [-0.1, -0.05) is 0 Å². The molecule has 0 amide bonds. The fraction of sp³-hybridized carbons (Fsp3) is 0.143. The third kappa shape index (κ3) is 3.18. The molecule has 2 heterocycles. The number of ether oxygens (including phenoxy) is 3. The minimum atomic E-state index is 0.608. The van der Waals surface area contributed by atoms with Gasteiger partial charge < -0.3 is 19.5 Å². The second-order valence-corrected chi connectivity index (χ2v) is 6.02. The average Bonchev–Trinajstić information content (AvgIpc) is 3.12. The maximum Gasteiger partial charge on any atom is 0.235 e. The van der Waals surface area contributed by atoms with E-state index in [0.29, 0.717) is 17.3 Å². The molecule has 0 radical (unpaired) electrons. The summed E-state index contributed by atoms with van der Waals surface area (Å²) in [7, 11) is 4.87. The summed E-state index contributed by atoms with van der Waals surface area (Å²) in [6.45, 7) is 0. The van der Waals surface area contributed by atoms with Gasteiger partial charge in [-0.25, -0.2) is 9.97 Å². The van der Waals surface area contributed by atoms with Gasteiger partial charge in [-0.2, -0.15) is 0 Å². The molecule has 1 N–H and O–H groups in total. The van der Waals surface area contributed by atoms with E-state index in [2.05, 4.69) is 10.3 Å². The van der Waals surface area contributed by atoms with Crippen molar-refractivity contribution >= 4 is 17.3 Å². The first-order valence-corrected chi connectivity index (χ1v) is 8.70. The molecule has 2 aromatic carbocycles. The Hall–Kier alpha value is -3.74. The van der Waals surface area contributed by atoms with E-state index in [4.69, 9.17) is 19.2 Å². The van der Waals surface area contributed by atoms with Crippen molar-refractivity contribution in [2.75, 3.05) is 26.6 Å². The molecule has 0 spiro atoms. The highest BCUT2D eigenvalue weighted by Gasteiger charge is 2.16. The van der Waals surface area contributed by atoms with Gasteiger partial charge in [0.05, 0.1) is 21.3 Å². The highest BCUT2D eigenvalue weighted by atomic mass is 16.5. The predicted molar refractivity (Wildman–Crippen MR) is 108 cm³/mol. The summed E-state index contributed by atoms with van der Waals surface area (Å²) >= 11 is 0. The number of anilines is 2. The van der Waals surface area contributed by atoms with E-state index in [1.807, 2.05) is 59.1 Å². The zero-order valence-electron chi connectivity index (χ0n) is 15.8. The molecule has 0 unspecified atom stereocenters. The summed E-state index contributed by atoms with van der Waals surface area (Å²) in [5, 5.41) is 3.44. The molecular formula is C21H20N4O3. The van der Waals surface area contributed by atoms with Gasteiger partial charge >= 0.3 is 0 Å². The van der Waals surface area contributed by atoms with Gasteiger partial charge in [-0.05, 0) is 42.5 Å². The lowest BCUT2D eigenvalue weighted by Crippen LogP contribution is -1.98. The van der Waals surface area contributed by atoms with E-state index < -0.39 is 0 Å². The van der Waals surface area contributed by atoms with Crippen molar-refractivity contribution in [3.8, 4) is 28.5 Å². The number of nitrogens with zero attached hydrogens (tertiary/aromatic N) is 3. The summed E-state index contributed by atoms with van der Waals surface area (Å²) in [5.41, 5.74) is 2.59. The first-order chi connectivity index (χ1) is 13.7. The summed E-state index contributed by atoms with van der Waals surface area (Å²) in [5.74, 6) is 3.52. The summed E-state index contributed by atoms with van der Waals surface area (Å²) in [4.78, 5) is 9.07. The fourth-order valence-electron chi connectivity index (χ4n) is 3.01. The lowest BCUT2D eigenvalue weighted by atomic mass is 10.1. The van der Waals surface area contributed by atoms with Gasteiger partial charge in [0, 0.05) is 29.7 Å². The van der Waals surface area contributed by atoms with Crippen LogP contribution in [0.2, 0.25) is 0 Å². The number of hydrogen-bond acceptors (Lipinski definition) is 6. The van der Waals surface area contributed by atoms with Gasteiger partial charge in [0.2, 0.25) is 5.78 Å². The summed E-state index contributed by atoms with van der Waals surface area (Å²) in [6, 6.07) is 15.3. The van der Waals surface area contributed by atoms with Crippen LogP contribution in [0.4, 0.5) is 11.5 Å². The van der Waals surface area contributed by atoms with Gasteiger partial charge in [-0.15, -0.1) is 0 Å². The second-order valence-electron chi connectivity index (χ2n) is 6.02. The molecule has 0 saturated heterocycles. The van der Waals surface area contributed by atoms with Crippen molar-refractivity contribution < 1.29 is 14.2 Å². The van der Waals surface area contributed by atoms with Crippen LogP contribution in [0.1, 0.15) is 0 Å². The maximum atomic E-state index is 5.41. The van der Waals surface area contributed by atoms with Crippen LogP contribution in [0, 0.1) is 0 Å². The molecule has 2 aromatic heterocycles. The van der Waals surface area contributed by atoms with E-state index in [1.165, 1.54) is 0 Å². The molecule has 4 rings (SSSR count). The van der Waals surface area contributed by atoms with Gasteiger partial charge in [0.15, 0.2) is 11.5 Å². The Morgan fingerprint density at radius 1 is 0.893 bits per heavy atom. The van der Waals surface area contributed by atoms with Crippen LogP contribution in [-0.2, 0) is 0 Å². The standard InChI is InChI=1S/C21H20N4O3/c1-26-16-8-5-14(6-9-16)19-20(25-12-4-11-22-21(25)24-19)23-15-7-10-17(27-2)18(13-15)28-3/h4-13,23H,1-3H3. The Morgan fingerprint density at radius 2 is 1.68 bits per heavy atom. The normalized spacial score (nSPS) is 10.7. The monoisotopic (exact) mass is 376 g/mol. The Balaban J connectivity index is 1.81. The smallest absolute Gasteiger partial charge is 0.235 e. The quantitative estimate of drug-likeness (QED) is 0.545. The molecule has 7 nitrogen and oxygen atoms in total. The number of aromatic nitrogens is 3. The highest BCUT2D eigenvalue weighted by Crippen LogP contribution is 2.35. The van der Waals surface area contributed by atoms with Crippen LogP contribution in [0.15, 0.2) is 60.9 Å². The minimum Gasteiger partial charge on any atom is -0.497 e. The number of rotatable bonds is 6. The third-order valence-electron chi connectivity index (χ3n) is 4.41. The summed E-state index contributed by atoms with van der Waals surface area (Å²) < 4.78 is 17.9. The Kier molecular flexibility index (Phi) is 4.72. The van der Waals surface area contributed by atoms with Crippen molar-refractivity contribution in [2.24, 2.45) is 0 Å². The lowest BCUT2D eigenvalue weighted by molar-refractivity contribution is 0.355. The predicted octanol–water partition coefficient (Wildman–Crippen LogP) is 4.17. The molecule has 4 aromatic rings. The first kappa shape index (κ1) is 17.7. The second kappa shape index (κ2) is 7.48. The lowest BCUT2D eigenvalue weighted by Gasteiger charge is -2.12. The largest absolute Gasteiger partial charge is 0.497 e. The number of imidazole rings is 1. The number of hydrogen-bond donors (Lipinski definition) is 1. The van der Waals surface area contributed by atoms with Crippen LogP contribution >= 0.6 is 0 Å². The molecule has 0 atom stereocenters. The van der Waals surface area contributed by atoms with Crippen LogP contribution in [0.5, 0.6) is 17.2 Å². The van der Waals surface area contributed by atoms with Crippen molar-refractivity contribution in [3.63, 3.8) is 0 Å². The van der Waals surface area contributed by atoms with Crippen LogP contribution in [-0.4, -0.2) is 35.7 Å². The molecule has 0 saturated carbocycles. The Bertz CT molecular complexity index is 1110. The van der Waals surface area contributed by atoms with Gasteiger partial charge in [0.25, 0.3) is 0 Å². The number of fused-ring (bicyclic) bond motifs is 1. The third-order valence-corrected chi connectivity index (χ3v) is 4.41. The minimum absolute atomic E-state index is 0.608. The van der Waals surface area contributed by atoms with Crippen molar-refractivity contribution in [2.45, 2.75) is 0 Å². The number of benzene rings is 2. The molecule has 7 heteroatoms. The average molecular weight is 376 g/mol. The van der Waals surface area contributed by atoms with Crippen LogP contribution in [0.3, 0.4) is 0 Å². The van der Waals surface area contributed by atoms with E-state index in [9.17, 15) is 0 Å². The fourth-order valence-corrected chi connectivity index (χ4v) is 3.01. The highest BCUT2D eigenvalue weighted by molar-refractivity contribution is 5.79. The number of nitrogens with one attached hydrogen (secondary N) is 1. The number of methoxy groups -OCH3 is 3. The van der Waals surface area contributed by atoms with Crippen molar-refractivity contribution in [1.29, 1.82) is 0 Å². The van der Waals surface area contributed by atoms with Crippen molar-refractivity contribution in [1.82, 2.24) is 14.4 Å². The molecule has 142 valence electrons. The van der Waals surface area contributed by atoms with E-state index >= 15 is 0 Å².